The number of aliphatic carboxylic acids is 1. The fourth-order valence-electron chi connectivity index (χ4n) is 6.04. The van der Waals surface area contributed by atoms with E-state index in [2.05, 4.69) is 62.5 Å². The van der Waals surface area contributed by atoms with Gasteiger partial charge in [0.1, 0.15) is 6.61 Å². The molecule has 0 saturated heterocycles. The van der Waals surface area contributed by atoms with Crippen LogP contribution in [0.15, 0.2) is 60.8 Å². The van der Waals surface area contributed by atoms with Gasteiger partial charge in [0.25, 0.3) is 0 Å². The molecular formula is C47H82NO7+. The van der Waals surface area contributed by atoms with E-state index >= 15 is 0 Å². The fourth-order valence-corrected chi connectivity index (χ4v) is 6.04. The zero-order chi connectivity index (χ0) is 40.7. The minimum absolute atomic E-state index is 0.0292. The summed E-state index contributed by atoms with van der Waals surface area (Å²) in [6.45, 7) is 4.53. The molecule has 1 N–H and O–H groups in total. The van der Waals surface area contributed by atoms with Crippen LogP contribution in [0.5, 0.6) is 0 Å². The molecule has 0 aromatic carbocycles. The largest absolute Gasteiger partial charge is 0.477 e. The summed E-state index contributed by atoms with van der Waals surface area (Å²) in [5, 5.41) is 9.61. The van der Waals surface area contributed by atoms with Crippen molar-refractivity contribution in [3.05, 3.63) is 60.8 Å². The average molecular weight is 773 g/mol. The van der Waals surface area contributed by atoms with Crippen molar-refractivity contribution in [2.24, 2.45) is 0 Å². The number of carboxylic acid groups (broad SMARTS) is 1. The van der Waals surface area contributed by atoms with Gasteiger partial charge in [-0.2, -0.15) is 0 Å². The van der Waals surface area contributed by atoms with E-state index in [9.17, 15) is 19.5 Å². The highest BCUT2D eigenvalue weighted by Crippen LogP contribution is 2.13. The van der Waals surface area contributed by atoms with Gasteiger partial charge in [-0.05, 0) is 64.2 Å². The highest BCUT2D eigenvalue weighted by atomic mass is 16.6. The lowest BCUT2D eigenvalue weighted by Gasteiger charge is -2.31. The highest BCUT2D eigenvalue weighted by Gasteiger charge is 2.31. The number of quaternary nitrogens is 1. The number of nitrogens with zero attached hydrogens (tertiary/aromatic N) is 1. The molecule has 0 radical (unpaired) electrons. The van der Waals surface area contributed by atoms with Gasteiger partial charge in [-0.1, -0.05) is 145 Å². The molecule has 2 unspecified atom stereocenters. The van der Waals surface area contributed by atoms with Gasteiger partial charge in [0, 0.05) is 19.3 Å². The second kappa shape index (κ2) is 37.9. The maximum atomic E-state index is 12.7. The van der Waals surface area contributed by atoms with Crippen LogP contribution in [0.4, 0.5) is 0 Å². The van der Waals surface area contributed by atoms with Crippen LogP contribution in [0.2, 0.25) is 0 Å². The first-order valence-corrected chi connectivity index (χ1v) is 21.8. The number of hydrogen-bond donors (Lipinski definition) is 1. The van der Waals surface area contributed by atoms with E-state index in [4.69, 9.17) is 14.2 Å². The van der Waals surface area contributed by atoms with Crippen molar-refractivity contribution in [1.29, 1.82) is 0 Å². The summed E-state index contributed by atoms with van der Waals surface area (Å²) < 4.78 is 17.2. The first-order chi connectivity index (χ1) is 26.6. The molecule has 0 spiro atoms. The third-order valence-electron chi connectivity index (χ3n) is 9.41. The zero-order valence-electron chi connectivity index (χ0n) is 35.9. The van der Waals surface area contributed by atoms with E-state index in [-0.39, 0.29) is 42.7 Å². The first kappa shape index (κ1) is 52.0. The molecule has 2 atom stereocenters. The molecule has 55 heavy (non-hydrogen) atoms. The summed E-state index contributed by atoms with van der Waals surface area (Å²) >= 11 is 0. The SMILES string of the molecule is CC/C=C\C/C=C\C/C=C\C/C=C\CCC(=O)OC(COCCC(C(=O)O)[N+](C)(C)C)COC(=O)CCCCCCCCC/C=C\CCCCCCCCC. The van der Waals surface area contributed by atoms with Gasteiger partial charge in [0.2, 0.25) is 0 Å². The number of ether oxygens (including phenoxy) is 3. The quantitative estimate of drug-likeness (QED) is 0.0289. The molecule has 0 rings (SSSR count). The lowest BCUT2D eigenvalue weighted by molar-refractivity contribution is -0.887. The van der Waals surface area contributed by atoms with Gasteiger partial charge < -0.3 is 23.8 Å². The maximum absolute atomic E-state index is 12.7. The van der Waals surface area contributed by atoms with Crippen LogP contribution >= 0.6 is 0 Å². The monoisotopic (exact) mass is 773 g/mol. The summed E-state index contributed by atoms with van der Waals surface area (Å²) in [7, 11) is 5.49. The van der Waals surface area contributed by atoms with Crippen molar-refractivity contribution in [3.63, 3.8) is 0 Å². The minimum atomic E-state index is -0.888. The number of hydrogen-bond acceptors (Lipinski definition) is 6. The second-order valence-corrected chi connectivity index (χ2v) is 15.6. The third-order valence-corrected chi connectivity index (χ3v) is 9.41. The average Bonchev–Trinajstić information content (AvgIpc) is 3.14. The molecule has 0 aliphatic heterocycles. The summed E-state index contributed by atoms with van der Waals surface area (Å²) in [6.07, 6.45) is 45.7. The van der Waals surface area contributed by atoms with E-state index in [1.54, 1.807) is 0 Å². The molecule has 0 saturated carbocycles. The lowest BCUT2D eigenvalue weighted by Crippen LogP contribution is -2.50. The topological polar surface area (TPSA) is 99.1 Å². The molecule has 8 nitrogen and oxygen atoms in total. The third kappa shape index (κ3) is 36.4. The van der Waals surface area contributed by atoms with Crippen LogP contribution in [0.1, 0.15) is 168 Å². The summed E-state index contributed by atoms with van der Waals surface area (Å²) in [4.78, 5) is 36.9. The molecule has 0 aromatic rings. The van der Waals surface area contributed by atoms with Gasteiger partial charge in [-0.15, -0.1) is 0 Å². The second-order valence-electron chi connectivity index (χ2n) is 15.6. The molecule has 0 heterocycles. The molecule has 0 amide bonds. The zero-order valence-corrected chi connectivity index (χ0v) is 35.9. The van der Waals surface area contributed by atoms with E-state index < -0.39 is 18.1 Å². The Labute approximate surface area is 337 Å². The van der Waals surface area contributed by atoms with Gasteiger partial charge in [-0.25, -0.2) is 4.79 Å². The Balaban J connectivity index is 4.41. The van der Waals surface area contributed by atoms with Crippen molar-refractivity contribution in [3.8, 4) is 0 Å². The number of carbonyl (C=O) groups is 3. The number of carboxylic acids is 1. The summed E-state index contributed by atoms with van der Waals surface area (Å²) in [5.41, 5.74) is 0. The first-order valence-electron chi connectivity index (χ1n) is 21.8. The van der Waals surface area contributed by atoms with Crippen molar-refractivity contribution in [2.45, 2.75) is 180 Å². The number of unbranched alkanes of at least 4 members (excludes halogenated alkanes) is 14. The number of likely N-dealkylation sites (N-methyl/N-ethyl adjacent to an activating group) is 1. The molecule has 0 aliphatic rings. The summed E-state index contributed by atoms with van der Waals surface area (Å²) in [5.74, 6) is -1.58. The van der Waals surface area contributed by atoms with E-state index in [1.807, 2.05) is 33.3 Å². The predicted octanol–water partition coefficient (Wildman–Crippen LogP) is 11.8. The van der Waals surface area contributed by atoms with Crippen molar-refractivity contribution < 1.29 is 38.2 Å². The molecule has 0 fully saturated rings. The molecule has 8 heteroatoms. The summed E-state index contributed by atoms with van der Waals surface area (Å²) in [6, 6.07) is -0.628. The number of esters is 2. The van der Waals surface area contributed by atoms with E-state index in [1.165, 1.54) is 83.5 Å². The van der Waals surface area contributed by atoms with Crippen LogP contribution in [0, 0.1) is 0 Å². The van der Waals surface area contributed by atoms with Crippen molar-refractivity contribution >= 4 is 17.9 Å². The van der Waals surface area contributed by atoms with Crippen LogP contribution in [-0.2, 0) is 28.6 Å². The molecule has 0 aliphatic carbocycles. The Morgan fingerprint density at radius 2 is 1.05 bits per heavy atom. The lowest BCUT2D eigenvalue weighted by atomic mass is 10.1. The van der Waals surface area contributed by atoms with Crippen LogP contribution in [0.3, 0.4) is 0 Å². The van der Waals surface area contributed by atoms with Gasteiger partial charge >= 0.3 is 17.9 Å². The van der Waals surface area contributed by atoms with Crippen molar-refractivity contribution in [2.75, 3.05) is 41.0 Å². The number of allylic oxidation sites excluding steroid dienone is 10. The van der Waals surface area contributed by atoms with Crippen molar-refractivity contribution in [1.82, 2.24) is 0 Å². The molecule has 0 bridgehead atoms. The van der Waals surface area contributed by atoms with Crippen LogP contribution in [0.25, 0.3) is 0 Å². The van der Waals surface area contributed by atoms with Gasteiger partial charge in [-0.3, -0.25) is 9.59 Å². The Bertz CT molecular complexity index is 1090. The van der Waals surface area contributed by atoms with Gasteiger partial charge in [0.15, 0.2) is 12.1 Å². The Kier molecular flexibility index (Phi) is 35.9. The molecule has 316 valence electrons. The predicted molar refractivity (Wildman–Crippen MR) is 229 cm³/mol. The van der Waals surface area contributed by atoms with E-state index in [0.717, 1.165) is 44.9 Å². The smallest absolute Gasteiger partial charge is 0.362 e. The Hall–Kier alpha value is -2.97. The molecular weight excluding hydrogens is 691 g/mol. The van der Waals surface area contributed by atoms with Crippen LogP contribution < -0.4 is 0 Å². The standard InChI is InChI=1S/C47H81NO7/c1-6-8-10-12-14-16-18-20-21-22-23-24-26-27-29-31-33-35-37-45(49)54-42-43(41-53-40-39-44(47(51)52)48(3,4)5)55-46(50)38-36-34-32-30-28-25-19-17-15-13-11-9-7-2/h9,11,15,17,21-22,25,28,32,34,43-44H,6-8,10,12-14,16,18-20,23-24,26-27,29-31,33,35-42H2,1-5H3/p+1/b11-9-,17-15-,22-21-,28-25-,34-32-. The maximum Gasteiger partial charge on any atom is 0.362 e. The minimum Gasteiger partial charge on any atom is -0.477 e. The Morgan fingerprint density at radius 1 is 0.564 bits per heavy atom. The van der Waals surface area contributed by atoms with E-state index in [0.29, 0.717) is 19.3 Å². The fraction of sp³-hybridized carbons (Fsp3) is 0.723. The van der Waals surface area contributed by atoms with Crippen LogP contribution in [-0.4, -0.2) is 80.6 Å². The number of carbonyl (C=O) groups excluding carboxylic acids is 2. The number of rotatable bonds is 38. The highest BCUT2D eigenvalue weighted by molar-refractivity contribution is 5.72. The Morgan fingerprint density at radius 3 is 1.58 bits per heavy atom. The normalized spacial score (nSPS) is 13.5. The van der Waals surface area contributed by atoms with Gasteiger partial charge in [0.05, 0.1) is 34.4 Å². The molecule has 0 aromatic heterocycles.